The van der Waals surface area contributed by atoms with Gasteiger partial charge in [-0.3, -0.25) is 9.48 Å². The lowest BCUT2D eigenvalue weighted by Gasteiger charge is -2.03. The summed E-state index contributed by atoms with van der Waals surface area (Å²) in [6, 6.07) is 0. The van der Waals surface area contributed by atoms with Crippen molar-refractivity contribution in [3.05, 3.63) is 34.6 Å². The molecular weight excluding hydrogens is 252 g/mol. The lowest BCUT2D eigenvalue weighted by atomic mass is 10.1. The Morgan fingerprint density at radius 2 is 2.17 bits per heavy atom. The lowest BCUT2D eigenvalue weighted by Crippen LogP contribution is -2.11. The number of imidazole rings is 1. The molecule has 6 heteroatoms. The molecule has 0 unspecified atom stereocenters. The van der Waals surface area contributed by atoms with Gasteiger partial charge in [0.15, 0.2) is 5.78 Å². The van der Waals surface area contributed by atoms with Gasteiger partial charge in [0, 0.05) is 14.1 Å². The van der Waals surface area contributed by atoms with Crippen molar-refractivity contribution < 1.29 is 4.79 Å². The fourth-order valence-electron chi connectivity index (χ4n) is 1.88. The third kappa shape index (κ3) is 2.18. The maximum atomic E-state index is 12.1. The summed E-state index contributed by atoms with van der Waals surface area (Å²) >= 11 is 6.22. The zero-order valence-electron chi connectivity index (χ0n) is 10.6. The van der Waals surface area contributed by atoms with Gasteiger partial charge in [-0.15, -0.1) is 0 Å². The van der Waals surface area contributed by atoms with Gasteiger partial charge < -0.3 is 4.57 Å². The van der Waals surface area contributed by atoms with Gasteiger partial charge in [0.25, 0.3) is 0 Å². The van der Waals surface area contributed by atoms with E-state index in [2.05, 4.69) is 10.1 Å². The highest BCUT2D eigenvalue weighted by Crippen LogP contribution is 2.22. The molecule has 5 nitrogen and oxygen atoms in total. The highest BCUT2D eigenvalue weighted by atomic mass is 35.5. The molecule has 0 radical (unpaired) electrons. The number of rotatable bonds is 4. The third-order valence-electron chi connectivity index (χ3n) is 2.93. The molecule has 0 N–H and O–H groups in total. The summed E-state index contributed by atoms with van der Waals surface area (Å²) in [5.41, 5.74) is 2.15. The first kappa shape index (κ1) is 12.8. The minimum absolute atomic E-state index is 0.0115. The lowest BCUT2D eigenvalue weighted by molar-refractivity contribution is 0.0983. The minimum atomic E-state index is -0.0115. The molecular formula is C12H15ClN4O. The van der Waals surface area contributed by atoms with E-state index in [4.69, 9.17) is 11.6 Å². The Labute approximate surface area is 110 Å². The van der Waals surface area contributed by atoms with Gasteiger partial charge in [0.1, 0.15) is 5.69 Å². The number of hydrogen-bond acceptors (Lipinski definition) is 3. The molecule has 96 valence electrons. The molecule has 0 saturated heterocycles. The van der Waals surface area contributed by atoms with E-state index >= 15 is 0 Å². The number of nitrogens with zero attached hydrogens (tertiary/aromatic N) is 4. The van der Waals surface area contributed by atoms with Crippen molar-refractivity contribution in [3.63, 3.8) is 0 Å². The monoisotopic (exact) mass is 266 g/mol. The highest BCUT2D eigenvalue weighted by molar-refractivity contribution is 6.32. The van der Waals surface area contributed by atoms with Crippen LogP contribution in [0.4, 0.5) is 0 Å². The van der Waals surface area contributed by atoms with Crippen LogP contribution in [0.2, 0.25) is 5.02 Å². The molecule has 0 spiro atoms. The molecule has 0 amide bonds. The van der Waals surface area contributed by atoms with Crippen molar-refractivity contribution in [2.24, 2.45) is 14.1 Å². The summed E-state index contributed by atoms with van der Waals surface area (Å²) in [6.45, 7) is 1.99. The van der Waals surface area contributed by atoms with Crippen LogP contribution in [0, 0.1) is 0 Å². The first-order valence-corrected chi connectivity index (χ1v) is 6.12. The van der Waals surface area contributed by atoms with Crippen molar-refractivity contribution in [1.82, 2.24) is 19.3 Å². The van der Waals surface area contributed by atoms with E-state index in [0.29, 0.717) is 10.7 Å². The highest BCUT2D eigenvalue weighted by Gasteiger charge is 2.18. The van der Waals surface area contributed by atoms with Gasteiger partial charge in [-0.25, -0.2) is 4.98 Å². The Hall–Kier alpha value is -1.62. The van der Waals surface area contributed by atoms with Crippen LogP contribution in [0.5, 0.6) is 0 Å². The molecule has 0 fully saturated rings. The van der Waals surface area contributed by atoms with E-state index in [0.717, 1.165) is 17.8 Å². The summed E-state index contributed by atoms with van der Waals surface area (Å²) in [6.07, 6.45) is 4.16. The topological polar surface area (TPSA) is 52.7 Å². The third-order valence-corrected chi connectivity index (χ3v) is 3.37. The number of halogens is 1. The van der Waals surface area contributed by atoms with Crippen LogP contribution >= 0.6 is 11.6 Å². The second-order valence-electron chi connectivity index (χ2n) is 4.17. The van der Waals surface area contributed by atoms with Crippen LogP contribution in [0.3, 0.4) is 0 Å². The van der Waals surface area contributed by atoms with Crippen molar-refractivity contribution in [3.8, 4) is 0 Å². The van der Waals surface area contributed by atoms with Gasteiger partial charge in [0.2, 0.25) is 0 Å². The van der Waals surface area contributed by atoms with Gasteiger partial charge in [-0.05, 0) is 6.42 Å². The Bertz CT molecular complexity index is 585. The maximum absolute atomic E-state index is 12.1. The summed E-state index contributed by atoms with van der Waals surface area (Å²) in [7, 11) is 3.60. The molecule has 0 aliphatic rings. The number of aromatic nitrogens is 4. The van der Waals surface area contributed by atoms with Crippen molar-refractivity contribution >= 4 is 17.4 Å². The van der Waals surface area contributed by atoms with Crippen LogP contribution in [0.1, 0.15) is 28.8 Å². The molecule has 0 atom stereocenters. The first-order valence-electron chi connectivity index (χ1n) is 5.74. The van der Waals surface area contributed by atoms with Crippen molar-refractivity contribution in [2.75, 3.05) is 0 Å². The normalized spacial score (nSPS) is 10.9. The summed E-state index contributed by atoms with van der Waals surface area (Å²) in [5, 5.41) is 4.89. The number of Topliss-reactive ketones (excluding diaryl/α,β-unsaturated/α-hetero) is 1. The van der Waals surface area contributed by atoms with E-state index in [1.165, 1.54) is 0 Å². The molecule has 18 heavy (non-hydrogen) atoms. The number of carbonyl (C=O) groups excluding carboxylic acids is 1. The predicted molar refractivity (Wildman–Crippen MR) is 68.8 cm³/mol. The standard InChI is InChI=1S/C12H15ClN4O/c1-4-8-12(13)9(17(3)15-8)5-11(18)10-6-14-7-16(10)2/h6-7H,4-5H2,1-3H3. The predicted octanol–water partition coefficient (Wildman–Crippen LogP) is 1.79. The molecule has 2 rings (SSSR count). The van der Waals surface area contributed by atoms with E-state index in [9.17, 15) is 4.79 Å². The zero-order chi connectivity index (χ0) is 13.3. The Morgan fingerprint density at radius 3 is 2.67 bits per heavy atom. The number of carbonyl (C=O) groups is 1. The SMILES string of the molecule is CCc1nn(C)c(CC(=O)c2cncn2C)c1Cl. The largest absolute Gasteiger partial charge is 0.331 e. The number of ketones is 1. The van der Waals surface area contributed by atoms with Crippen molar-refractivity contribution in [1.29, 1.82) is 0 Å². The quantitative estimate of drug-likeness (QED) is 0.793. The Kier molecular flexibility index (Phi) is 3.52. The Morgan fingerprint density at radius 1 is 1.44 bits per heavy atom. The Balaban J connectivity index is 2.27. The van der Waals surface area contributed by atoms with Gasteiger partial charge in [0.05, 0.1) is 35.4 Å². The van der Waals surface area contributed by atoms with Gasteiger partial charge in [-0.1, -0.05) is 18.5 Å². The van der Waals surface area contributed by atoms with Crippen LogP contribution < -0.4 is 0 Å². The summed E-state index contributed by atoms with van der Waals surface area (Å²) < 4.78 is 3.38. The summed E-state index contributed by atoms with van der Waals surface area (Å²) in [5.74, 6) is -0.0115. The van der Waals surface area contributed by atoms with E-state index in [1.54, 1.807) is 35.9 Å². The van der Waals surface area contributed by atoms with E-state index < -0.39 is 0 Å². The van der Waals surface area contributed by atoms with Crippen LogP contribution in [0.15, 0.2) is 12.5 Å². The number of hydrogen-bond donors (Lipinski definition) is 0. The molecule has 0 aliphatic carbocycles. The van der Waals surface area contributed by atoms with Crippen molar-refractivity contribution in [2.45, 2.75) is 19.8 Å². The van der Waals surface area contributed by atoms with Gasteiger partial charge >= 0.3 is 0 Å². The molecule has 0 bridgehead atoms. The fraction of sp³-hybridized carbons (Fsp3) is 0.417. The summed E-state index contributed by atoms with van der Waals surface area (Å²) in [4.78, 5) is 16.1. The smallest absolute Gasteiger partial charge is 0.186 e. The molecule has 0 saturated carbocycles. The molecule has 2 heterocycles. The van der Waals surface area contributed by atoms with Crippen LogP contribution in [0.25, 0.3) is 0 Å². The molecule has 0 aliphatic heterocycles. The molecule has 2 aromatic rings. The molecule has 2 aromatic heterocycles. The number of aryl methyl sites for hydroxylation is 3. The maximum Gasteiger partial charge on any atom is 0.186 e. The average molecular weight is 267 g/mol. The first-order chi connectivity index (χ1) is 8.54. The second kappa shape index (κ2) is 4.94. The van der Waals surface area contributed by atoms with Crippen LogP contribution in [-0.2, 0) is 26.9 Å². The van der Waals surface area contributed by atoms with Gasteiger partial charge in [-0.2, -0.15) is 5.10 Å². The minimum Gasteiger partial charge on any atom is -0.331 e. The fourth-order valence-corrected chi connectivity index (χ4v) is 2.24. The second-order valence-corrected chi connectivity index (χ2v) is 4.55. The van der Waals surface area contributed by atoms with E-state index in [-0.39, 0.29) is 12.2 Å². The van der Waals surface area contributed by atoms with Crippen LogP contribution in [-0.4, -0.2) is 25.1 Å². The average Bonchev–Trinajstić information content (AvgIpc) is 2.87. The molecule has 0 aromatic carbocycles. The zero-order valence-corrected chi connectivity index (χ0v) is 11.4. The van der Waals surface area contributed by atoms with E-state index in [1.807, 2.05) is 6.92 Å².